The predicted molar refractivity (Wildman–Crippen MR) is 92.3 cm³/mol. The highest BCUT2D eigenvalue weighted by atomic mass is 16.7. The molecular formula is C20H24O5. The lowest BCUT2D eigenvalue weighted by Crippen LogP contribution is -2.41. The molecule has 0 amide bonds. The van der Waals surface area contributed by atoms with Gasteiger partial charge in [0.2, 0.25) is 0 Å². The van der Waals surface area contributed by atoms with Crippen molar-refractivity contribution in [3.8, 4) is 0 Å². The molecule has 1 saturated carbocycles. The fourth-order valence-electron chi connectivity index (χ4n) is 3.10. The second-order valence-corrected chi connectivity index (χ2v) is 7.05. The Bertz CT molecular complexity index is 644. The maximum atomic E-state index is 12.0. The van der Waals surface area contributed by atoms with E-state index in [0.717, 1.165) is 24.0 Å². The van der Waals surface area contributed by atoms with Crippen LogP contribution in [0.4, 0.5) is 0 Å². The van der Waals surface area contributed by atoms with Gasteiger partial charge in [0, 0.05) is 13.8 Å². The van der Waals surface area contributed by atoms with Gasteiger partial charge in [-0.3, -0.25) is 0 Å². The standard InChI is InChI=1S/C20H24O5/c1-20(2)24-18(21)17(19(22)25-20)12-14-8-10-15(11-9-14)13-23-16-6-4-3-5-7-16/h8-12,16H,3-7,13H2,1-2H3. The lowest BCUT2D eigenvalue weighted by molar-refractivity contribution is -0.222. The Kier molecular flexibility index (Phi) is 5.23. The van der Waals surface area contributed by atoms with E-state index in [4.69, 9.17) is 14.2 Å². The third-order valence-corrected chi connectivity index (χ3v) is 4.45. The van der Waals surface area contributed by atoms with Crippen LogP contribution in [0.25, 0.3) is 6.08 Å². The first-order chi connectivity index (χ1) is 11.9. The van der Waals surface area contributed by atoms with E-state index in [0.29, 0.717) is 12.7 Å². The molecule has 2 fully saturated rings. The van der Waals surface area contributed by atoms with Crippen molar-refractivity contribution in [2.24, 2.45) is 0 Å². The molecule has 5 heteroatoms. The van der Waals surface area contributed by atoms with Gasteiger partial charge >= 0.3 is 11.9 Å². The molecule has 1 aliphatic carbocycles. The number of hydrogen-bond donors (Lipinski definition) is 0. The maximum absolute atomic E-state index is 12.0. The van der Waals surface area contributed by atoms with E-state index < -0.39 is 17.7 Å². The van der Waals surface area contributed by atoms with Crippen LogP contribution in [0.2, 0.25) is 0 Å². The summed E-state index contributed by atoms with van der Waals surface area (Å²) in [5.41, 5.74) is 1.72. The minimum Gasteiger partial charge on any atom is -0.419 e. The van der Waals surface area contributed by atoms with E-state index in [2.05, 4.69) is 0 Å². The molecule has 0 unspecified atom stereocenters. The topological polar surface area (TPSA) is 61.8 Å². The number of carbonyl (C=O) groups excluding carboxylic acids is 2. The minimum absolute atomic E-state index is 0.0921. The van der Waals surface area contributed by atoms with Crippen molar-refractivity contribution in [2.75, 3.05) is 0 Å². The van der Waals surface area contributed by atoms with Crippen molar-refractivity contribution in [1.29, 1.82) is 0 Å². The molecule has 1 aromatic rings. The Morgan fingerprint density at radius 3 is 2.24 bits per heavy atom. The van der Waals surface area contributed by atoms with Crippen molar-refractivity contribution in [2.45, 2.75) is 64.4 Å². The normalized spacial score (nSPS) is 20.8. The number of hydrogen-bond acceptors (Lipinski definition) is 5. The average molecular weight is 344 g/mol. The molecule has 1 aromatic carbocycles. The van der Waals surface area contributed by atoms with Gasteiger partial charge in [0.1, 0.15) is 5.57 Å². The van der Waals surface area contributed by atoms with E-state index in [-0.39, 0.29) is 5.57 Å². The molecule has 1 heterocycles. The SMILES string of the molecule is CC1(C)OC(=O)C(=Cc2ccc(COC3CCCCC3)cc2)C(=O)O1. The second kappa shape index (κ2) is 7.40. The van der Waals surface area contributed by atoms with E-state index in [1.807, 2.05) is 24.3 Å². The van der Waals surface area contributed by atoms with E-state index >= 15 is 0 Å². The van der Waals surface area contributed by atoms with Crippen LogP contribution in [0.1, 0.15) is 57.1 Å². The molecule has 134 valence electrons. The lowest BCUT2D eigenvalue weighted by Gasteiger charge is -2.29. The zero-order valence-corrected chi connectivity index (χ0v) is 14.7. The molecule has 0 aromatic heterocycles. The zero-order chi connectivity index (χ0) is 17.9. The lowest BCUT2D eigenvalue weighted by atomic mass is 9.98. The Morgan fingerprint density at radius 1 is 1.04 bits per heavy atom. The van der Waals surface area contributed by atoms with Crippen LogP contribution in [0.5, 0.6) is 0 Å². The van der Waals surface area contributed by atoms with Gasteiger partial charge in [-0.2, -0.15) is 0 Å². The quantitative estimate of drug-likeness (QED) is 0.473. The summed E-state index contributed by atoms with van der Waals surface area (Å²) in [5.74, 6) is -2.54. The highest BCUT2D eigenvalue weighted by Gasteiger charge is 2.38. The number of benzene rings is 1. The molecule has 2 aliphatic rings. The summed E-state index contributed by atoms with van der Waals surface area (Å²) in [7, 11) is 0. The van der Waals surface area contributed by atoms with Crippen molar-refractivity contribution in [3.63, 3.8) is 0 Å². The smallest absolute Gasteiger partial charge is 0.348 e. The predicted octanol–water partition coefficient (Wildman–Crippen LogP) is 3.76. The number of carbonyl (C=O) groups is 2. The minimum atomic E-state index is -1.22. The number of cyclic esters (lactones) is 2. The van der Waals surface area contributed by atoms with Crippen molar-refractivity contribution >= 4 is 18.0 Å². The van der Waals surface area contributed by atoms with Gasteiger partial charge in [-0.05, 0) is 30.0 Å². The molecule has 25 heavy (non-hydrogen) atoms. The molecule has 0 N–H and O–H groups in total. The number of rotatable bonds is 4. The highest BCUT2D eigenvalue weighted by molar-refractivity contribution is 6.18. The molecule has 3 rings (SSSR count). The van der Waals surface area contributed by atoms with Crippen LogP contribution in [-0.2, 0) is 30.4 Å². The van der Waals surface area contributed by atoms with Crippen molar-refractivity contribution < 1.29 is 23.8 Å². The van der Waals surface area contributed by atoms with Crippen LogP contribution < -0.4 is 0 Å². The molecule has 0 spiro atoms. The Balaban J connectivity index is 1.62. The first-order valence-electron chi connectivity index (χ1n) is 8.82. The molecule has 1 aliphatic heterocycles. The Hall–Kier alpha value is -2.14. The fourth-order valence-corrected chi connectivity index (χ4v) is 3.10. The van der Waals surface area contributed by atoms with Gasteiger partial charge < -0.3 is 14.2 Å². The van der Waals surface area contributed by atoms with Gasteiger partial charge in [-0.15, -0.1) is 0 Å². The molecule has 5 nitrogen and oxygen atoms in total. The molecule has 1 saturated heterocycles. The van der Waals surface area contributed by atoms with Gasteiger partial charge in [0.25, 0.3) is 5.79 Å². The largest absolute Gasteiger partial charge is 0.419 e. The number of ether oxygens (including phenoxy) is 3. The zero-order valence-electron chi connectivity index (χ0n) is 14.7. The van der Waals surface area contributed by atoms with Crippen LogP contribution in [-0.4, -0.2) is 23.8 Å². The molecule has 0 radical (unpaired) electrons. The third kappa shape index (κ3) is 4.69. The molecule has 0 bridgehead atoms. The summed E-state index contributed by atoms with van der Waals surface area (Å²) in [6, 6.07) is 7.59. The van der Waals surface area contributed by atoms with Crippen LogP contribution in [0, 0.1) is 0 Å². The fraction of sp³-hybridized carbons (Fsp3) is 0.500. The van der Waals surface area contributed by atoms with Crippen molar-refractivity contribution in [1.82, 2.24) is 0 Å². The first-order valence-corrected chi connectivity index (χ1v) is 8.82. The summed E-state index contributed by atoms with van der Waals surface area (Å²) >= 11 is 0. The van der Waals surface area contributed by atoms with Crippen LogP contribution in [0.15, 0.2) is 29.8 Å². The summed E-state index contributed by atoms with van der Waals surface area (Å²) in [5, 5.41) is 0. The molecule has 0 atom stereocenters. The summed E-state index contributed by atoms with van der Waals surface area (Å²) in [6.45, 7) is 3.64. The first kappa shape index (κ1) is 17.7. The van der Waals surface area contributed by atoms with Crippen LogP contribution in [0.3, 0.4) is 0 Å². The average Bonchev–Trinajstić information content (AvgIpc) is 2.57. The summed E-state index contributed by atoms with van der Waals surface area (Å²) in [4.78, 5) is 23.9. The van der Waals surface area contributed by atoms with E-state index in [1.165, 1.54) is 39.2 Å². The Labute approximate surface area is 148 Å². The second-order valence-electron chi connectivity index (χ2n) is 7.05. The maximum Gasteiger partial charge on any atom is 0.348 e. The molecular weight excluding hydrogens is 320 g/mol. The van der Waals surface area contributed by atoms with Crippen LogP contribution >= 0.6 is 0 Å². The van der Waals surface area contributed by atoms with Gasteiger partial charge in [-0.1, -0.05) is 43.5 Å². The van der Waals surface area contributed by atoms with E-state index in [9.17, 15) is 9.59 Å². The highest BCUT2D eigenvalue weighted by Crippen LogP contribution is 2.25. The summed E-state index contributed by atoms with van der Waals surface area (Å²) < 4.78 is 16.1. The van der Waals surface area contributed by atoms with Gasteiger partial charge in [-0.25, -0.2) is 9.59 Å². The summed E-state index contributed by atoms with van der Waals surface area (Å²) in [6.07, 6.45) is 7.96. The van der Waals surface area contributed by atoms with Crippen molar-refractivity contribution in [3.05, 3.63) is 41.0 Å². The number of esters is 2. The van der Waals surface area contributed by atoms with Gasteiger partial charge in [0.15, 0.2) is 0 Å². The van der Waals surface area contributed by atoms with Gasteiger partial charge in [0.05, 0.1) is 12.7 Å². The third-order valence-electron chi connectivity index (χ3n) is 4.45. The Morgan fingerprint density at radius 2 is 1.64 bits per heavy atom. The monoisotopic (exact) mass is 344 g/mol. The van der Waals surface area contributed by atoms with E-state index in [1.54, 1.807) is 0 Å².